The number of nitrogens with one attached hydrogen (secondary N) is 1. The number of aromatic nitrogens is 1. The van der Waals surface area contributed by atoms with Gasteiger partial charge < -0.3 is 4.74 Å². The lowest BCUT2D eigenvalue weighted by atomic mass is 9.68. The summed E-state index contributed by atoms with van der Waals surface area (Å²) in [7, 11) is 0. The number of amides is 1. The molecule has 0 unspecified atom stereocenters. The second-order valence-corrected chi connectivity index (χ2v) is 6.50. The normalized spacial score (nSPS) is 33.1. The molecule has 1 aromatic rings. The van der Waals surface area contributed by atoms with Gasteiger partial charge in [-0.2, -0.15) is 0 Å². The summed E-state index contributed by atoms with van der Waals surface area (Å²) < 4.78 is 5.93. The van der Waals surface area contributed by atoms with Gasteiger partial charge in [-0.05, 0) is 50.3 Å². The van der Waals surface area contributed by atoms with Gasteiger partial charge in [0.2, 0.25) is 0 Å². The summed E-state index contributed by atoms with van der Waals surface area (Å²) >= 11 is 0. The molecule has 4 rings (SSSR count). The Kier molecular flexibility index (Phi) is 2.84. The Labute approximate surface area is 124 Å². The lowest BCUT2D eigenvalue weighted by Crippen LogP contribution is -2.52. The Morgan fingerprint density at radius 2 is 2.24 bits per heavy atom. The smallest absolute Gasteiger partial charge is 0.253 e. The summed E-state index contributed by atoms with van der Waals surface area (Å²) in [6, 6.07) is 3.78. The molecule has 0 bridgehead atoms. The Bertz CT molecular complexity index is 558. The molecule has 1 saturated heterocycles. The lowest BCUT2D eigenvalue weighted by Gasteiger charge is -2.44. The van der Waals surface area contributed by atoms with Crippen molar-refractivity contribution in [2.24, 2.45) is 11.3 Å². The second-order valence-electron chi connectivity index (χ2n) is 6.50. The van der Waals surface area contributed by atoms with Crippen molar-refractivity contribution in [2.45, 2.75) is 44.3 Å². The van der Waals surface area contributed by atoms with Crippen LogP contribution in [0.1, 0.15) is 44.3 Å². The third-order valence-corrected chi connectivity index (χ3v) is 5.55. The predicted molar refractivity (Wildman–Crippen MR) is 75.0 cm³/mol. The fraction of sp³-hybridized carbons (Fsp3) is 0.625. The maximum absolute atomic E-state index is 12.6. The van der Waals surface area contributed by atoms with Crippen LogP contribution in [0, 0.1) is 11.3 Å². The number of pyridine rings is 1. The molecule has 3 aliphatic rings. The monoisotopic (exact) mass is 288 g/mol. The highest BCUT2D eigenvalue weighted by Crippen LogP contribution is 2.71. The van der Waals surface area contributed by atoms with E-state index >= 15 is 0 Å². The first kappa shape index (κ1) is 13.2. The maximum atomic E-state index is 12.6. The van der Waals surface area contributed by atoms with Crippen LogP contribution in [0.4, 0.5) is 0 Å². The quantitative estimate of drug-likeness (QED) is 0.862. The third-order valence-electron chi connectivity index (χ3n) is 5.55. The van der Waals surface area contributed by atoms with Crippen LogP contribution in [0.15, 0.2) is 24.5 Å². The van der Waals surface area contributed by atoms with Crippen molar-refractivity contribution in [1.29, 1.82) is 0 Å². The van der Waals surface area contributed by atoms with E-state index in [4.69, 9.17) is 9.57 Å². The summed E-state index contributed by atoms with van der Waals surface area (Å²) in [5, 5.41) is 0. The summed E-state index contributed by atoms with van der Waals surface area (Å²) in [6.07, 6.45) is 7.39. The highest BCUT2D eigenvalue weighted by Gasteiger charge is 2.77. The molecule has 2 aliphatic carbocycles. The number of ether oxygens (including phenoxy) is 1. The number of fused-ring (bicyclic) bond motifs is 2. The molecule has 1 aromatic heterocycles. The Balaban J connectivity index is 1.41. The number of hydrogen-bond donors (Lipinski definition) is 1. The molecule has 2 saturated carbocycles. The molecule has 1 amide bonds. The van der Waals surface area contributed by atoms with Crippen molar-refractivity contribution in [2.75, 3.05) is 6.61 Å². The molecule has 0 radical (unpaired) electrons. The summed E-state index contributed by atoms with van der Waals surface area (Å²) in [5.41, 5.74) is 3.18. The van der Waals surface area contributed by atoms with Crippen molar-refractivity contribution < 1.29 is 14.4 Å². The predicted octanol–water partition coefficient (Wildman–Crippen LogP) is 2.15. The van der Waals surface area contributed by atoms with E-state index in [-0.39, 0.29) is 23.0 Å². The van der Waals surface area contributed by atoms with E-state index in [1.165, 1.54) is 0 Å². The van der Waals surface area contributed by atoms with Gasteiger partial charge in [0.1, 0.15) is 6.10 Å². The van der Waals surface area contributed by atoms with Crippen LogP contribution in [0.25, 0.3) is 0 Å². The fourth-order valence-corrected chi connectivity index (χ4v) is 3.99. The maximum Gasteiger partial charge on any atom is 0.253 e. The van der Waals surface area contributed by atoms with Crippen LogP contribution < -0.4 is 5.48 Å². The van der Waals surface area contributed by atoms with Gasteiger partial charge in [-0.1, -0.05) is 0 Å². The Morgan fingerprint density at radius 1 is 1.48 bits per heavy atom. The molecule has 3 atom stereocenters. The van der Waals surface area contributed by atoms with E-state index in [1.54, 1.807) is 12.4 Å². The van der Waals surface area contributed by atoms with Crippen LogP contribution in [-0.2, 0) is 14.4 Å². The zero-order chi connectivity index (χ0) is 14.5. The van der Waals surface area contributed by atoms with Crippen molar-refractivity contribution in [3.63, 3.8) is 0 Å². The van der Waals surface area contributed by atoms with E-state index in [0.717, 1.165) is 37.9 Å². The number of hydroxylamine groups is 1. The highest BCUT2D eigenvalue weighted by molar-refractivity contribution is 5.87. The third kappa shape index (κ3) is 1.77. The van der Waals surface area contributed by atoms with Gasteiger partial charge in [0.15, 0.2) is 0 Å². The number of carbonyl (C=O) groups is 1. The Morgan fingerprint density at radius 3 is 2.86 bits per heavy atom. The van der Waals surface area contributed by atoms with E-state index in [0.29, 0.717) is 5.92 Å². The molecule has 3 fully saturated rings. The number of hydrogen-bond acceptors (Lipinski definition) is 4. The topological polar surface area (TPSA) is 60.5 Å². The minimum Gasteiger partial charge on any atom is -0.374 e. The Hall–Kier alpha value is -1.46. The molecule has 0 aromatic carbocycles. The fourth-order valence-electron chi connectivity index (χ4n) is 3.99. The molecule has 1 N–H and O–H groups in total. The molecule has 1 spiro atoms. The molecule has 5 heteroatoms. The molecular weight excluding hydrogens is 268 g/mol. The van der Waals surface area contributed by atoms with Gasteiger partial charge in [-0.3, -0.25) is 14.6 Å². The summed E-state index contributed by atoms with van der Waals surface area (Å²) in [4.78, 5) is 22.2. The van der Waals surface area contributed by atoms with E-state index in [2.05, 4.69) is 10.5 Å². The summed E-state index contributed by atoms with van der Waals surface area (Å²) in [6.45, 7) is 2.65. The lowest BCUT2D eigenvalue weighted by molar-refractivity contribution is -0.163. The van der Waals surface area contributed by atoms with Crippen molar-refractivity contribution in [1.82, 2.24) is 10.5 Å². The number of carbonyl (C=O) groups excluding carboxylic acids is 1. The molecule has 112 valence electrons. The van der Waals surface area contributed by atoms with Gasteiger partial charge >= 0.3 is 0 Å². The van der Waals surface area contributed by atoms with Crippen LogP contribution in [0.2, 0.25) is 0 Å². The SMILES string of the molecule is C[C@H](ONC(=O)[C@]12C[C@H]1COC21CCC1)c1ccncc1. The molecule has 2 heterocycles. The first-order valence-electron chi connectivity index (χ1n) is 7.68. The van der Waals surface area contributed by atoms with Gasteiger partial charge in [-0.25, -0.2) is 5.48 Å². The van der Waals surface area contributed by atoms with Crippen molar-refractivity contribution >= 4 is 5.91 Å². The average Bonchev–Trinajstić information content (AvgIpc) is 3.12. The first-order chi connectivity index (χ1) is 10.2. The highest BCUT2D eigenvalue weighted by atomic mass is 16.7. The van der Waals surface area contributed by atoms with Crippen LogP contribution in [0.5, 0.6) is 0 Å². The minimum absolute atomic E-state index is 0.00519. The van der Waals surface area contributed by atoms with Crippen LogP contribution >= 0.6 is 0 Å². The zero-order valence-corrected chi connectivity index (χ0v) is 12.2. The van der Waals surface area contributed by atoms with Gasteiger partial charge in [0.25, 0.3) is 5.91 Å². The first-order valence-corrected chi connectivity index (χ1v) is 7.68. The van der Waals surface area contributed by atoms with Gasteiger partial charge in [-0.15, -0.1) is 0 Å². The van der Waals surface area contributed by atoms with Gasteiger partial charge in [0, 0.05) is 18.3 Å². The van der Waals surface area contributed by atoms with Crippen molar-refractivity contribution in [3.8, 4) is 0 Å². The second kappa shape index (κ2) is 4.52. The summed E-state index contributed by atoms with van der Waals surface area (Å²) in [5.74, 6) is 0.392. The van der Waals surface area contributed by atoms with Gasteiger partial charge in [0.05, 0.1) is 17.6 Å². The molecular formula is C16H20N2O3. The number of rotatable bonds is 4. The van der Waals surface area contributed by atoms with Crippen molar-refractivity contribution in [3.05, 3.63) is 30.1 Å². The standard InChI is InChI=1S/C16H20N2O3/c1-11(12-3-7-17-8-4-12)21-18-14(19)16-9-13(16)10-20-15(16)5-2-6-15/h3-4,7-8,11,13H,2,5-6,9-10H2,1H3,(H,18,19)/t11-,13-,16-/m0/s1. The molecule has 1 aliphatic heterocycles. The minimum atomic E-state index is -0.316. The number of nitrogens with zero attached hydrogens (tertiary/aromatic N) is 1. The van der Waals surface area contributed by atoms with Crippen LogP contribution in [-0.4, -0.2) is 23.1 Å². The van der Waals surface area contributed by atoms with E-state index < -0.39 is 0 Å². The molecule has 21 heavy (non-hydrogen) atoms. The van der Waals surface area contributed by atoms with E-state index in [9.17, 15) is 4.79 Å². The zero-order valence-electron chi connectivity index (χ0n) is 12.2. The molecule has 5 nitrogen and oxygen atoms in total. The average molecular weight is 288 g/mol. The van der Waals surface area contributed by atoms with E-state index in [1.807, 2.05) is 19.1 Å². The largest absolute Gasteiger partial charge is 0.374 e. The van der Waals surface area contributed by atoms with Crippen LogP contribution in [0.3, 0.4) is 0 Å².